The minimum absolute atomic E-state index is 0.200. The summed E-state index contributed by atoms with van der Waals surface area (Å²) in [5.74, 6) is 6.68. The van der Waals surface area contributed by atoms with E-state index in [2.05, 4.69) is 24.1 Å². The van der Waals surface area contributed by atoms with E-state index >= 15 is 0 Å². The fraction of sp³-hybridized carbons (Fsp3) is 0.118. The van der Waals surface area contributed by atoms with Gasteiger partial charge in [-0.3, -0.25) is 4.90 Å². The first kappa shape index (κ1) is 15.0. The molecule has 0 fully saturated rings. The second-order valence-corrected chi connectivity index (χ2v) is 4.54. The molecule has 0 bridgehead atoms. The van der Waals surface area contributed by atoms with E-state index in [1.807, 2.05) is 42.5 Å². The van der Waals surface area contributed by atoms with Crippen LogP contribution in [0.1, 0.15) is 5.56 Å². The summed E-state index contributed by atoms with van der Waals surface area (Å²) in [5.41, 5.74) is 1.53. The maximum atomic E-state index is 13.4. The highest BCUT2D eigenvalue weighted by Crippen LogP contribution is 2.14. The highest BCUT2D eigenvalue weighted by molar-refractivity contribution is 7.80. The lowest BCUT2D eigenvalue weighted by atomic mass is 10.2. The average Bonchev–Trinajstić information content (AvgIpc) is 2.52. The van der Waals surface area contributed by atoms with E-state index in [0.717, 1.165) is 11.3 Å². The Morgan fingerprint density at radius 1 is 1.14 bits per heavy atom. The first-order valence-corrected chi connectivity index (χ1v) is 6.76. The van der Waals surface area contributed by atoms with Gasteiger partial charge in [-0.15, -0.1) is 0 Å². The van der Waals surface area contributed by atoms with Crippen molar-refractivity contribution in [3.05, 3.63) is 60.2 Å². The van der Waals surface area contributed by atoms with E-state index in [9.17, 15) is 4.39 Å². The minimum atomic E-state index is -0.690. The van der Waals surface area contributed by atoms with Crippen molar-refractivity contribution in [2.24, 2.45) is 0 Å². The third-order valence-corrected chi connectivity index (χ3v) is 3.06. The molecule has 0 amide bonds. The van der Waals surface area contributed by atoms with Crippen LogP contribution in [-0.2, 0) is 0 Å². The number of benzene rings is 2. The molecule has 0 radical (unpaired) electrons. The number of para-hydroxylation sites is 1. The van der Waals surface area contributed by atoms with Gasteiger partial charge in [-0.25, -0.2) is 0 Å². The molecule has 2 aromatic carbocycles. The van der Waals surface area contributed by atoms with Crippen molar-refractivity contribution < 1.29 is 9.13 Å². The molecule has 0 aliphatic rings. The third kappa shape index (κ3) is 4.30. The lowest BCUT2D eigenvalue weighted by Gasteiger charge is -2.17. The predicted octanol–water partition coefficient (Wildman–Crippen LogP) is 3.81. The van der Waals surface area contributed by atoms with Crippen LogP contribution < -0.4 is 9.64 Å². The standard InChI is InChI=1S/C17H14FNOS/c1-20-16-11-9-14(10-12-16)6-5-13-19(17(18)21)15-7-3-2-4-8-15/h2-4,7-12H,13H2,1H3. The Kier molecular flexibility index (Phi) is 5.30. The van der Waals surface area contributed by atoms with E-state index < -0.39 is 5.24 Å². The van der Waals surface area contributed by atoms with Gasteiger partial charge in [-0.2, -0.15) is 4.39 Å². The Morgan fingerprint density at radius 2 is 1.81 bits per heavy atom. The van der Waals surface area contributed by atoms with E-state index in [1.54, 1.807) is 19.2 Å². The monoisotopic (exact) mass is 299 g/mol. The molecular weight excluding hydrogens is 285 g/mol. The van der Waals surface area contributed by atoms with Crippen molar-refractivity contribution in [1.82, 2.24) is 0 Å². The van der Waals surface area contributed by atoms with Crippen LogP contribution >= 0.6 is 12.2 Å². The van der Waals surface area contributed by atoms with Crippen molar-refractivity contribution in [1.29, 1.82) is 0 Å². The van der Waals surface area contributed by atoms with Gasteiger partial charge in [-0.05, 0) is 48.6 Å². The van der Waals surface area contributed by atoms with E-state index in [0.29, 0.717) is 5.69 Å². The van der Waals surface area contributed by atoms with Crippen molar-refractivity contribution in [3.8, 4) is 17.6 Å². The molecule has 0 N–H and O–H groups in total. The van der Waals surface area contributed by atoms with Gasteiger partial charge in [-0.1, -0.05) is 30.0 Å². The smallest absolute Gasteiger partial charge is 0.260 e. The van der Waals surface area contributed by atoms with Crippen LogP contribution in [-0.4, -0.2) is 18.9 Å². The summed E-state index contributed by atoms with van der Waals surface area (Å²) in [5, 5.41) is -0.690. The molecule has 2 nitrogen and oxygen atoms in total. The summed E-state index contributed by atoms with van der Waals surface area (Å²) >= 11 is 4.64. The molecule has 106 valence electrons. The maximum Gasteiger partial charge on any atom is 0.260 e. The van der Waals surface area contributed by atoms with Crippen LogP contribution in [0.3, 0.4) is 0 Å². The number of nitrogens with zero attached hydrogens (tertiary/aromatic N) is 1. The molecule has 0 saturated heterocycles. The van der Waals surface area contributed by atoms with Gasteiger partial charge in [0.25, 0.3) is 5.24 Å². The van der Waals surface area contributed by atoms with Gasteiger partial charge in [0.05, 0.1) is 13.7 Å². The van der Waals surface area contributed by atoms with Gasteiger partial charge in [0.2, 0.25) is 0 Å². The number of hydrogen-bond donors (Lipinski definition) is 0. The SMILES string of the molecule is COc1ccc(C#CCN(C(F)=S)c2ccccc2)cc1. The van der Waals surface area contributed by atoms with E-state index in [4.69, 9.17) is 4.74 Å². The van der Waals surface area contributed by atoms with Gasteiger partial charge in [0.1, 0.15) is 5.75 Å². The zero-order valence-electron chi connectivity index (χ0n) is 11.5. The largest absolute Gasteiger partial charge is 0.497 e. The Hall–Kier alpha value is -2.38. The Balaban J connectivity index is 2.09. The Morgan fingerprint density at radius 3 is 2.38 bits per heavy atom. The highest BCUT2D eigenvalue weighted by atomic mass is 32.1. The third-order valence-electron chi connectivity index (χ3n) is 2.84. The van der Waals surface area contributed by atoms with Gasteiger partial charge >= 0.3 is 0 Å². The van der Waals surface area contributed by atoms with E-state index in [1.165, 1.54) is 4.90 Å². The van der Waals surface area contributed by atoms with Crippen molar-refractivity contribution in [2.75, 3.05) is 18.6 Å². The zero-order chi connectivity index (χ0) is 15.1. The number of halogens is 1. The summed E-state index contributed by atoms with van der Waals surface area (Å²) in [7, 11) is 1.61. The topological polar surface area (TPSA) is 12.5 Å². The molecule has 2 rings (SSSR count). The fourth-order valence-corrected chi connectivity index (χ4v) is 1.93. The van der Waals surface area contributed by atoms with E-state index in [-0.39, 0.29) is 6.54 Å². The summed E-state index contributed by atoms with van der Waals surface area (Å²) in [4.78, 5) is 1.35. The van der Waals surface area contributed by atoms with Crippen LogP contribution in [0.15, 0.2) is 54.6 Å². The van der Waals surface area contributed by atoms with Crippen LogP contribution in [0.25, 0.3) is 0 Å². The zero-order valence-corrected chi connectivity index (χ0v) is 12.4. The molecule has 4 heteroatoms. The molecule has 0 atom stereocenters. The number of hydrogen-bond acceptors (Lipinski definition) is 2. The molecule has 0 saturated carbocycles. The Labute approximate surface area is 129 Å². The quantitative estimate of drug-likeness (QED) is 0.370. The molecule has 2 aromatic rings. The summed E-state index contributed by atoms with van der Waals surface area (Å²) < 4.78 is 18.5. The number of methoxy groups -OCH3 is 1. The number of anilines is 1. The molecule has 0 aliphatic heterocycles. The molecule has 21 heavy (non-hydrogen) atoms. The van der Waals surface area contributed by atoms with Crippen LogP contribution in [0.2, 0.25) is 0 Å². The molecule has 0 spiro atoms. The number of ether oxygens (including phenoxy) is 1. The van der Waals surface area contributed by atoms with Crippen LogP contribution in [0, 0.1) is 11.8 Å². The number of thiocarbonyl (C=S) groups is 1. The molecule has 0 unspecified atom stereocenters. The minimum Gasteiger partial charge on any atom is -0.497 e. The highest BCUT2D eigenvalue weighted by Gasteiger charge is 2.09. The molecule has 0 heterocycles. The van der Waals surface area contributed by atoms with Gasteiger partial charge < -0.3 is 4.74 Å². The maximum absolute atomic E-state index is 13.4. The van der Waals surface area contributed by atoms with Crippen molar-refractivity contribution in [2.45, 2.75) is 0 Å². The summed E-state index contributed by atoms with van der Waals surface area (Å²) in [6, 6.07) is 16.5. The second kappa shape index (κ2) is 7.41. The lowest BCUT2D eigenvalue weighted by molar-refractivity contribution is 0.415. The normalized spacial score (nSPS) is 9.43. The van der Waals surface area contributed by atoms with Gasteiger partial charge in [0, 0.05) is 11.3 Å². The summed E-state index contributed by atoms with van der Waals surface area (Å²) in [6.07, 6.45) is 0. The lowest BCUT2D eigenvalue weighted by Crippen LogP contribution is -2.26. The fourth-order valence-electron chi connectivity index (χ4n) is 1.76. The van der Waals surface area contributed by atoms with Crippen molar-refractivity contribution in [3.63, 3.8) is 0 Å². The van der Waals surface area contributed by atoms with Gasteiger partial charge in [0.15, 0.2) is 0 Å². The molecule has 0 aliphatic carbocycles. The first-order valence-electron chi connectivity index (χ1n) is 6.35. The molecular formula is C17H14FNOS. The summed E-state index contributed by atoms with van der Waals surface area (Å²) in [6.45, 7) is 0.200. The number of rotatable bonds is 3. The first-order chi connectivity index (χ1) is 10.2. The van der Waals surface area contributed by atoms with Crippen molar-refractivity contribution >= 4 is 23.1 Å². The molecule has 0 aromatic heterocycles. The van der Waals surface area contributed by atoms with Crippen LogP contribution in [0.5, 0.6) is 5.75 Å². The average molecular weight is 299 g/mol. The predicted molar refractivity (Wildman–Crippen MR) is 87.4 cm³/mol. The second-order valence-electron chi connectivity index (χ2n) is 4.20. The Bertz CT molecular complexity index is 659. The van der Waals surface area contributed by atoms with Crippen LogP contribution in [0.4, 0.5) is 10.1 Å².